The Morgan fingerprint density at radius 1 is 1.41 bits per heavy atom. The Balaban J connectivity index is 1.78. The predicted molar refractivity (Wildman–Crippen MR) is 81.0 cm³/mol. The number of unbranched alkanes of at least 4 members (excludes halogenated alkanes) is 1. The van der Waals surface area contributed by atoms with E-state index in [-0.39, 0.29) is 41.7 Å². The van der Waals surface area contributed by atoms with Crippen LogP contribution in [0.4, 0.5) is 0 Å². The molecule has 0 aromatic rings. The highest BCUT2D eigenvalue weighted by molar-refractivity contribution is 7.91. The fourth-order valence-electron chi connectivity index (χ4n) is 3.01. The average Bonchev–Trinajstić information content (AvgIpc) is 3.01. The minimum Gasteiger partial charge on any atom is -0.385 e. The summed E-state index contributed by atoms with van der Waals surface area (Å²) in [6.07, 6.45) is 2.39. The Hall–Kier alpha value is -1.15. The fraction of sp³-hybridized carbons (Fsp3) is 0.857. The zero-order valence-electron chi connectivity index (χ0n) is 12.9. The van der Waals surface area contributed by atoms with Gasteiger partial charge in [-0.3, -0.25) is 9.59 Å². The van der Waals surface area contributed by atoms with E-state index >= 15 is 0 Å². The smallest absolute Gasteiger partial charge is 0.225 e. The van der Waals surface area contributed by atoms with E-state index in [0.29, 0.717) is 26.1 Å². The normalized spacial score (nSPS) is 27.3. The molecule has 2 rings (SSSR count). The van der Waals surface area contributed by atoms with Crippen LogP contribution in [0.3, 0.4) is 0 Å². The lowest BCUT2D eigenvalue weighted by atomic mass is 10.1. The number of methoxy groups -OCH3 is 1. The lowest BCUT2D eigenvalue weighted by molar-refractivity contribution is -0.130. The SMILES string of the molecule is COCCCCNC(=O)[C@@H]1CC(=O)N([C@H]2CCS(=O)(=O)C2)C1. The van der Waals surface area contributed by atoms with E-state index in [1.165, 1.54) is 0 Å². The first-order valence-electron chi connectivity index (χ1n) is 7.69. The van der Waals surface area contributed by atoms with E-state index in [2.05, 4.69) is 5.32 Å². The van der Waals surface area contributed by atoms with Gasteiger partial charge in [0.15, 0.2) is 9.84 Å². The zero-order chi connectivity index (χ0) is 16.2. The van der Waals surface area contributed by atoms with Crippen LogP contribution in [0.1, 0.15) is 25.7 Å². The molecular formula is C14H24N2O5S. The Morgan fingerprint density at radius 2 is 2.18 bits per heavy atom. The molecule has 0 aromatic heterocycles. The maximum absolute atomic E-state index is 12.1. The number of sulfone groups is 1. The predicted octanol–water partition coefficient (Wildman–Crippen LogP) is -0.435. The van der Waals surface area contributed by atoms with Crippen LogP contribution in [0.15, 0.2) is 0 Å². The number of ether oxygens (including phenoxy) is 1. The van der Waals surface area contributed by atoms with E-state index < -0.39 is 9.84 Å². The number of amides is 2. The zero-order valence-corrected chi connectivity index (χ0v) is 13.7. The van der Waals surface area contributed by atoms with Crippen molar-refractivity contribution in [2.24, 2.45) is 5.92 Å². The molecule has 126 valence electrons. The van der Waals surface area contributed by atoms with Gasteiger partial charge < -0.3 is 15.0 Å². The number of carbonyl (C=O) groups is 2. The lowest BCUT2D eigenvalue weighted by Gasteiger charge is -2.22. The van der Waals surface area contributed by atoms with Crippen molar-refractivity contribution in [1.29, 1.82) is 0 Å². The summed E-state index contributed by atoms with van der Waals surface area (Å²) in [4.78, 5) is 25.7. The van der Waals surface area contributed by atoms with Crippen LogP contribution < -0.4 is 5.32 Å². The van der Waals surface area contributed by atoms with Crippen molar-refractivity contribution in [1.82, 2.24) is 10.2 Å². The molecule has 0 saturated carbocycles. The maximum Gasteiger partial charge on any atom is 0.225 e. The Bertz CT molecular complexity index is 519. The summed E-state index contributed by atoms with van der Waals surface area (Å²) in [6, 6.07) is -0.253. The first kappa shape index (κ1) is 17.2. The monoisotopic (exact) mass is 332 g/mol. The summed E-state index contributed by atoms with van der Waals surface area (Å²) < 4.78 is 28.0. The van der Waals surface area contributed by atoms with E-state index in [1.807, 2.05) is 0 Å². The van der Waals surface area contributed by atoms with Gasteiger partial charge in [-0.25, -0.2) is 8.42 Å². The van der Waals surface area contributed by atoms with Crippen molar-refractivity contribution < 1.29 is 22.7 Å². The molecular weight excluding hydrogens is 308 g/mol. The molecule has 2 aliphatic rings. The molecule has 1 N–H and O–H groups in total. The fourth-order valence-corrected chi connectivity index (χ4v) is 4.74. The number of carbonyl (C=O) groups excluding carboxylic acids is 2. The minimum absolute atomic E-state index is 0.0318. The van der Waals surface area contributed by atoms with Gasteiger partial charge in [-0.1, -0.05) is 0 Å². The molecule has 2 amide bonds. The van der Waals surface area contributed by atoms with Crippen molar-refractivity contribution in [3.63, 3.8) is 0 Å². The van der Waals surface area contributed by atoms with Gasteiger partial charge in [0.05, 0.1) is 17.4 Å². The van der Waals surface area contributed by atoms with E-state index in [9.17, 15) is 18.0 Å². The van der Waals surface area contributed by atoms with Gasteiger partial charge in [0.25, 0.3) is 0 Å². The second-order valence-corrected chi connectivity index (χ2v) is 8.22. The Labute approximate surface area is 131 Å². The highest BCUT2D eigenvalue weighted by atomic mass is 32.2. The topological polar surface area (TPSA) is 92.8 Å². The van der Waals surface area contributed by atoms with Crippen LogP contribution in [0.2, 0.25) is 0 Å². The van der Waals surface area contributed by atoms with Crippen molar-refractivity contribution in [3.8, 4) is 0 Å². The number of likely N-dealkylation sites (tertiary alicyclic amines) is 1. The number of hydrogen-bond donors (Lipinski definition) is 1. The van der Waals surface area contributed by atoms with Gasteiger partial charge in [0.1, 0.15) is 0 Å². The molecule has 0 bridgehead atoms. The van der Waals surface area contributed by atoms with E-state index in [0.717, 1.165) is 12.8 Å². The third-order valence-electron chi connectivity index (χ3n) is 4.25. The molecule has 0 aliphatic carbocycles. The second kappa shape index (κ2) is 7.41. The lowest BCUT2D eigenvalue weighted by Crippen LogP contribution is -2.39. The number of hydrogen-bond acceptors (Lipinski definition) is 5. The van der Waals surface area contributed by atoms with Crippen molar-refractivity contribution in [3.05, 3.63) is 0 Å². The molecule has 8 heteroatoms. The molecule has 0 spiro atoms. The second-order valence-electron chi connectivity index (χ2n) is 5.99. The van der Waals surface area contributed by atoms with Crippen LogP contribution in [0.5, 0.6) is 0 Å². The van der Waals surface area contributed by atoms with Gasteiger partial charge in [-0.2, -0.15) is 0 Å². The first-order valence-corrected chi connectivity index (χ1v) is 9.51. The third kappa shape index (κ3) is 4.42. The summed E-state index contributed by atoms with van der Waals surface area (Å²) in [6.45, 7) is 1.58. The highest BCUT2D eigenvalue weighted by Gasteiger charge is 2.41. The number of nitrogens with zero attached hydrogens (tertiary/aromatic N) is 1. The van der Waals surface area contributed by atoms with Crippen LogP contribution in [-0.2, 0) is 24.2 Å². The minimum atomic E-state index is -3.02. The van der Waals surface area contributed by atoms with Gasteiger partial charge in [0, 0.05) is 39.3 Å². The van der Waals surface area contributed by atoms with Crippen molar-refractivity contribution in [2.45, 2.75) is 31.7 Å². The van der Waals surface area contributed by atoms with Crippen molar-refractivity contribution >= 4 is 21.7 Å². The van der Waals surface area contributed by atoms with Crippen LogP contribution in [0, 0.1) is 5.92 Å². The molecule has 2 aliphatic heterocycles. The molecule has 2 heterocycles. The standard InChI is InChI=1S/C14H24N2O5S/c1-21-6-3-2-5-15-14(18)11-8-13(17)16(9-11)12-4-7-22(19,20)10-12/h11-12H,2-10H2,1H3,(H,15,18)/t11-,12+/m1/s1. The Kier molecular flexibility index (Phi) is 5.80. The number of rotatable bonds is 7. The summed E-state index contributed by atoms with van der Waals surface area (Å²) in [5.74, 6) is -0.420. The van der Waals surface area contributed by atoms with Gasteiger partial charge in [-0.15, -0.1) is 0 Å². The van der Waals surface area contributed by atoms with E-state index in [4.69, 9.17) is 4.74 Å². The molecule has 22 heavy (non-hydrogen) atoms. The summed E-state index contributed by atoms with van der Waals surface area (Å²) in [5, 5.41) is 2.84. The molecule has 0 radical (unpaired) electrons. The molecule has 0 aromatic carbocycles. The Morgan fingerprint density at radius 3 is 2.82 bits per heavy atom. The average molecular weight is 332 g/mol. The van der Waals surface area contributed by atoms with Crippen LogP contribution in [-0.4, -0.2) is 69.5 Å². The van der Waals surface area contributed by atoms with E-state index in [1.54, 1.807) is 12.0 Å². The third-order valence-corrected chi connectivity index (χ3v) is 6.00. The molecule has 2 atom stereocenters. The summed E-state index contributed by atoms with van der Waals surface area (Å²) in [5.41, 5.74) is 0. The quantitative estimate of drug-likeness (QED) is 0.638. The van der Waals surface area contributed by atoms with Gasteiger partial charge in [-0.05, 0) is 19.3 Å². The largest absolute Gasteiger partial charge is 0.385 e. The summed E-state index contributed by atoms with van der Waals surface area (Å²) >= 11 is 0. The summed E-state index contributed by atoms with van der Waals surface area (Å²) in [7, 11) is -1.38. The number of nitrogens with one attached hydrogen (secondary N) is 1. The molecule has 2 saturated heterocycles. The van der Waals surface area contributed by atoms with Crippen LogP contribution >= 0.6 is 0 Å². The van der Waals surface area contributed by atoms with Gasteiger partial charge in [0.2, 0.25) is 11.8 Å². The molecule has 7 nitrogen and oxygen atoms in total. The highest BCUT2D eigenvalue weighted by Crippen LogP contribution is 2.26. The van der Waals surface area contributed by atoms with Crippen LogP contribution in [0.25, 0.3) is 0 Å². The first-order chi connectivity index (χ1) is 10.4. The van der Waals surface area contributed by atoms with Gasteiger partial charge >= 0.3 is 0 Å². The molecule has 0 unspecified atom stereocenters. The van der Waals surface area contributed by atoms with Crippen molar-refractivity contribution in [2.75, 3.05) is 38.3 Å². The maximum atomic E-state index is 12.1. The molecule has 2 fully saturated rings.